The van der Waals surface area contributed by atoms with Crippen LogP contribution < -0.4 is 10.1 Å². The van der Waals surface area contributed by atoms with Gasteiger partial charge in [-0.3, -0.25) is 0 Å². The topological polar surface area (TPSA) is 111 Å². The molecular formula is C14H21NO6. The maximum atomic E-state index is 9.95. The lowest BCUT2D eigenvalue weighted by atomic mass is 9.98. The first-order valence-corrected chi connectivity index (χ1v) is 6.69. The molecule has 7 nitrogen and oxygen atoms in total. The molecule has 0 bridgehead atoms. The van der Waals surface area contributed by atoms with Crippen molar-refractivity contribution in [2.24, 2.45) is 0 Å². The van der Waals surface area contributed by atoms with E-state index >= 15 is 0 Å². The van der Waals surface area contributed by atoms with Gasteiger partial charge in [0.1, 0.15) is 30.2 Å². The van der Waals surface area contributed by atoms with Crippen molar-refractivity contribution >= 4 is 5.69 Å². The highest BCUT2D eigenvalue weighted by Crippen LogP contribution is 2.26. The number of aliphatic hydroxyl groups excluding tert-OH is 4. The maximum absolute atomic E-state index is 9.95. The minimum Gasteiger partial charge on any atom is -0.496 e. The number of aliphatic hydroxyl groups is 4. The number of nitrogens with one attached hydrogen (secondary N) is 1. The Bertz CT molecular complexity index is 481. The average Bonchev–Trinajstić information content (AvgIpc) is 2.49. The third-order valence-corrected chi connectivity index (χ3v) is 3.61. The summed E-state index contributed by atoms with van der Waals surface area (Å²) >= 11 is 0. The van der Waals surface area contributed by atoms with Crippen LogP contribution in [0.4, 0.5) is 5.69 Å². The molecule has 5 N–H and O–H groups in total. The highest BCUT2D eigenvalue weighted by molar-refractivity contribution is 5.52. The second kappa shape index (κ2) is 6.59. The summed E-state index contributed by atoms with van der Waals surface area (Å²) in [7, 11) is 1.56. The van der Waals surface area contributed by atoms with Gasteiger partial charge in [0.15, 0.2) is 6.23 Å². The number of ether oxygens (including phenoxy) is 2. The van der Waals surface area contributed by atoms with Gasteiger partial charge in [-0.1, -0.05) is 6.07 Å². The molecule has 118 valence electrons. The number of benzene rings is 1. The molecule has 21 heavy (non-hydrogen) atoms. The molecule has 1 aromatic carbocycles. The molecule has 1 saturated heterocycles. The second-order valence-corrected chi connectivity index (χ2v) is 5.08. The Labute approximate surface area is 122 Å². The number of aryl methyl sites for hydroxylation is 1. The SMILES string of the molecule is COc1cc(NC2OC(CO)C(O)C(O)C2O)ccc1C. The molecule has 5 unspecified atom stereocenters. The lowest BCUT2D eigenvalue weighted by Crippen LogP contribution is -2.60. The minimum absolute atomic E-state index is 0.458. The van der Waals surface area contributed by atoms with E-state index in [0.29, 0.717) is 11.4 Å². The fourth-order valence-corrected chi connectivity index (χ4v) is 2.29. The molecule has 5 atom stereocenters. The van der Waals surface area contributed by atoms with Gasteiger partial charge in [0.05, 0.1) is 13.7 Å². The molecule has 1 aliphatic rings. The van der Waals surface area contributed by atoms with Crippen LogP contribution in [0.25, 0.3) is 0 Å². The molecule has 0 aliphatic carbocycles. The predicted molar refractivity (Wildman–Crippen MR) is 75.1 cm³/mol. The fourth-order valence-electron chi connectivity index (χ4n) is 2.29. The van der Waals surface area contributed by atoms with Gasteiger partial charge in [0, 0.05) is 11.8 Å². The van der Waals surface area contributed by atoms with Crippen LogP contribution in [0.2, 0.25) is 0 Å². The van der Waals surface area contributed by atoms with Crippen LogP contribution >= 0.6 is 0 Å². The smallest absolute Gasteiger partial charge is 0.157 e. The van der Waals surface area contributed by atoms with Crippen LogP contribution in [0.15, 0.2) is 18.2 Å². The summed E-state index contributed by atoms with van der Waals surface area (Å²) in [5.74, 6) is 0.671. The zero-order chi connectivity index (χ0) is 15.6. The van der Waals surface area contributed by atoms with Gasteiger partial charge in [-0.05, 0) is 18.6 Å². The number of rotatable bonds is 4. The Morgan fingerprint density at radius 2 is 1.90 bits per heavy atom. The Balaban J connectivity index is 2.14. The van der Waals surface area contributed by atoms with Gasteiger partial charge in [0.25, 0.3) is 0 Å². The monoisotopic (exact) mass is 299 g/mol. The zero-order valence-electron chi connectivity index (χ0n) is 11.9. The van der Waals surface area contributed by atoms with Gasteiger partial charge in [0.2, 0.25) is 0 Å². The minimum atomic E-state index is -1.40. The fraction of sp³-hybridized carbons (Fsp3) is 0.571. The number of hydrogen-bond acceptors (Lipinski definition) is 7. The van der Waals surface area contributed by atoms with Crippen molar-refractivity contribution in [1.82, 2.24) is 0 Å². The predicted octanol–water partition coefficient (Wildman–Crippen LogP) is -0.785. The molecule has 2 rings (SSSR count). The maximum Gasteiger partial charge on any atom is 0.157 e. The van der Waals surface area contributed by atoms with Crippen molar-refractivity contribution in [1.29, 1.82) is 0 Å². The first-order chi connectivity index (χ1) is 9.97. The van der Waals surface area contributed by atoms with E-state index in [9.17, 15) is 15.3 Å². The first-order valence-electron chi connectivity index (χ1n) is 6.69. The van der Waals surface area contributed by atoms with E-state index in [-0.39, 0.29) is 0 Å². The summed E-state index contributed by atoms with van der Waals surface area (Å²) in [4.78, 5) is 0. The molecule has 0 amide bonds. The summed E-state index contributed by atoms with van der Waals surface area (Å²) in [5, 5.41) is 41.5. The van der Waals surface area contributed by atoms with E-state index in [1.165, 1.54) is 0 Å². The van der Waals surface area contributed by atoms with E-state index in [2.05, 4.69) is 5.32 Å². The second-order valence-electron chi connectivity index (χ2n) is 5.08. The van der Waals surface area contributed by atoms with Gasteiger partial charge in [-0.25, -0.2) is 0 Å². The summed E-state index contributed by atoms with van der Waals surface area (Å²) in [6.45, 7) is 1.44. The van der Waals surface area contributed by atoms with Crippen molar-refractivity contribution in [2.45, 2.75) is 37.6 Å². The van der Waals surface area contributed by atoms with Crippen LogP contribution in [0.3, 0.4) is 0 Å². The van der Waals surface area contributed by atoms with Crippen molar-refractivity contribution in [2.75, 3.05) is 19.0 Å². The largest absolute Gasteiger partial charge is 0.496 e. The number of anilines is 1. The normalized spacial score (nSPS) is 32.8. The number of methoxy groups -OCH3 is 1. The molecule has 1 heterocycles. The Hall–Kier alpha value is -1.38. The van der Waals surface area contributed by atoms with E-state index < -0.39 is 37.3 Å². The lowest BCUT2D eigenvalue weighted by Gasteiger charge is -2.40. The molecule has 0 radical (unpaired) electrons. The van der Waals surface area contributed by atoms with Crippen LogP contribution in [-0.2, 0) is 4.74 Å². The zero-order valence-corrected chi connectivity index (χ0v) is 11.9. The van der Waals surface area contributed by atoms with Gasteiger partial charge < -0.3 is 35.2 Å². The summed E-state index contributed by atoms with van der Waals surface area (Å²) in [6.07, 6.45) is -5.98. The molecule has 1 aliphatic heterocycles. The highest BCUT2D eigenvalue weighted by atomic mass is 16.6. The molecule has 0 aromatic heterocycles. The van der Waals surface area contributed by atoms with Crippen LogP contribution in [0.5, 0.6) is 5.75 Å². The summed E-state index contributed by atoms with van der Waals surface area (Å²) in [6, 6.07) is 5.35. The molecule has 7 heteroatoms. The van der Waals surface area contributed by atoms with Crippen molar-refractivity contribution < 1.29 is 29.9 Å². The van der Waals surface area contributed by atoms with E-state index in [1.807, 2.05) is 13.0 Å². The Morgan fingerprint density at radius 3 is 2.52 bits per heavy atom. The van der Waals surface area contributed by atoms with E-state index in [0.717, 1.165) is 5.56 Å². The highest BCUT2D eigenvalue weighted by Gasteiger charge is 2.43. The van der Waals surface area contributed by atoms with Crippen LogP contribution in [0.1, 0.15) is 5.56 Å². The van der Waals surface area contributed by atoms with Gasteiger partial charge in [-0.2, -0.15) is 0 Å². The number of hydrogen-bond donors (Lipinski definition) is 5. The Morgan fingerprint density at radius 1 is 1.19 bits per heavy atom. The molecular weight excluding hydrogens is 278 g/mol. The first kappa shape index (κ1) is 16.0. The van der Waals surface area contributed by atoms with Crippen molar-refractivity contribution in [3.05, 3.63) is 23.8 Å². The Kier molecular flexibility index (Phi) is 5.02. The molecule has 0 spiro atoms. The van der Waals surface area contributed by atoms with E-state index in [4.69, 9.17) is 14.6 Å². The lowest BCUT2D eigenvalue weighted by molar-refractivity contribution is -0.221. The van der Waals surface area contributed by atoms with Crippen molar-refractivity contribution in [3.8, 4) is 5.75 Å². The van der Waals surface area contributed by atoms with Crippen molar-refractivity contribution in [3.63, 3.8) is 0 Å². The van der Waals surface area contributed by atoms with E-state index in [1.54, 1.807) is 19.2 Å². The summed E-state index contributed by atoms with van der Waals surface area (Å²) in [5.41, 5.74) is 1.58. The average molecular weight is 299 g/mol. The third kappa shape index (κ3) is 3.28. The van der Waals surface area contributed by atoms with Gasteiger partial charge >= 0.3 is 0 Å². The quantitative estimate of drug-likeness (QED) is 0.495. The standard InChI is InChI=1S/C14H21NO6/c1-7-3-4-8(5-9(7)20-2)15-14-13(19)12(18)11(17)10(6-16)21-14/h3-5,10-19H,6H2,1-2H3. The van der Waals surface area contributed by atoms with Crippen LogP contribution in [0, 0.1) is 6.92 Å². The van der Waals surface area contributed by atoms with Gasteiger partial charge in [-0.15, -0.1) is 0 Å². The summed E-state index contributed by atoms with van der Waals surface area (Å²) < 4.78 is 10.6. The van der Waals surface area contributed by atoms with Crippen LogP contribution in [-0.4, -0.2) is 64.8 Å². The molecule has 1 fully saturated rings. The molecule has 1 aromatic rings. The third-order valence-electron chi connectivity index (χ3n) is 3.61. The molecule has 0 saturated carbocycles.